The smallest absolute Gasteiger partial charge is 0.0773 e. The normalized spacial score (nSPS) is 16.0. The van der Waals surface area contributed by atoms with Gasteiger partial charge in [0.25, 0.3) is 0 Å². The largest absolute Gasteiger partial charge is 0.385 e. The van der Waals surface area contributed by atoms with Gasteiger partial charge >= 0.3 is 0 Å². The molecule has 0 spiro atoms. The van der Waals surface area contributed by atoms with Crippen LogP contribution < -0.4 is 5.73 Å². The zero-order valence-electron chi connectivity index (χ0n) is 8.43. The molecule has 2 N–H and O–H groups in total. The van der Waals surface area contributed by atoms with Crippen LogP contribution >= 0.6 is 0 Å². The lowest BCUT2D eigenvalue weighted by molar-refractivity contribution is -0.0338. The first-order valence-corrected chi connectivity index (χ1v) is 4.51. The Kier molecular flexibility index (Phi) is 6.34. The van der Waals surface area contributed by atoms with Crippen LogP contribution in [-0.2, 0) is 9.47 Å². The first-order chi connectivity index (χ1) is 5.68. The summed E-state index contributed by atoms with van der Waals surface area (Å²) in [5.74, 6) is 0. The summed E-state index contributed by atoms with van der Waals surface area (Å²) in [6, 6.07) is 0. The Balaban J connectivity index is 3.45. The van der Waals surface area contributed by atoms with Crippen molar-refractivity contribution < 1.29 is 9.47 Å². The predicted octanol–water partition coefficient (Wildman–Crippen LogP) is 1.17. The molecule has 0 heterocycles. The van der Waals surface area contributed by atoms with Crippen LogP contribution in [0.25, 0.3) is 0 Å². The van der Waals surface area contributed by atoms with Crippen molar-refractivity contribution in [2.75, 3.05) is 26.9 Å². The van der Waals surface area contributed by atoms with Gasteiger partial charge in [0, 0.05) is 26.9 Å². The van der Waals surface area contributed by atoms with Gasteiger partial charge in [0.2, 0.25) is 0 Å². The number of hydrogen-bond donors (Lipinski definition) is 1. The van der Waals surface area contributed by atoms with Gasteiger partial charge in [-0.25, -0.2) is 0 Å². The molecular formula is C9H21NO2. The monoisotopic (exact) mass is 175 g/mol. The third-order valence-corrected chi connectivity index (χ3v) is 2.12. The molecule has 0 saturated heterocycles. The fourth-order valence-corrected chi connectivity index (χ4v) is 0.827. The molecule has 3 heteroatoms. The molecule has 74 valence electrons. The van der Waals surface area contributed by atoms with Crippen molar-refractivity contribution in [3.05, 3.63) is 0 Å². The molecule has 0 aliphatic heterocycles. The summed E-state index contributed by atoms with van der Waals surface area (Å²) in [5.41, 5.74) is 5.43. The summed E-state index contributed by atoms with van der Waals surface area (Å²) in [4.78, 5) is 0. The highest BCUT2D eigenvalue weighted by molar-refractivity contribution is 4.73. The van der Waals surface area contributed by atoms with Gasteiger partial charge in [0.1, 0.15) is 0 Å². The van der Waals surface area contributed by atoms with Crippen LogP contribution in [0.5, 0.6) is 0 Å². The second kappa shape index (κ2) is 6.40. The number of hydrogen-bond acceptors (Lipinski definition) is 3. The molecule has 3 nitrogen and oxygen atoms in total. The quantitative estimate of drug-likeness (QED) is 0.591. The van der Waals surface area contributed by atoms with Crippen LogP contribution in [0.2, 0.25) is 0 Å². The van der Waals surface area contributed by atoms with Gasteiger partial charge in [-0.1, -0.05) is 6.92 Å². The highest BCUT2D eigenvalue weighted by Crippen LogP contribution is 2.12. The molecule has 0 amide bonds. The first-order valence-electron chi connectivity index (χ1n) is 4.51. The molecule has 0 aromatic rings. The third-order valence-electron chi connectivity index (χ3n) is 2.12. The predicted molar refractivity (Wildman–Crippen MR) is 50.2 cm³/mol. The first kappa shape index (κ1) is 11.9. The maximum absolute atomic E-state index is 5.62. The highest BCUT2D eigenvalue weighted by atomic mass is 16.5. The fourth-order valence-electron chi connectivity index (χ4n) is 0.827. The van der Waals surface area contributed by atoms with Gasteiger partial charge in [-0.15, -0.1) is 0 Å². The Morgan fingerprint density at radius 3 is 2.42 bits per heavy atom. The van der Waals surface area contributed by atoms with Crippen molar-refractivity contribution in [3.63, 3.8) is 0 Å². The Labute approximate surface area is 75.2 Å². The van der Waals surface area contributed by atoms with Gasteiger partial charge in [0.05, 0.1) is 5.60 Å². The highest BCUT2D eigenvalue weighted by Gasteiger charge is 2.19. The van der Waals surface area contributed by atoms with E-state index in [2.05, 4.69) is 6.92 Å². The van der Waals surface area contributed by atoms with Gasteiger partial charge in [-0.05, 0) is 19.8 Å². The Morgan fingerprint density at radius 2 is 2.00 bits per heavy atom. The van der Waals surface area contributed by atoms with Crippen LogP contribution in [0.3, 0.4) is 0 Å². The lowest BCUT2D eigenvalue weighted by Crippen LogP contribution is -2.37. The lowest BCUT2D eigenvalue weighted by atomic mass is 10.0. The van der Waals surface area contributed by atoms with Crippen LogP contribution in [-0.4, -0.2) is 32.5 Å². The Bertz CT molecular complexity index is 103. The maximum Gasteiger partial charge on any atom is 0.0773 e. The van der Waals surface area contributed by atoms with Crippen molar-refractivity contribution in [3.8, 4) is 0 Å². The number of nitrogens with two attached hydrogens (primary N) is 1. The van der Waals surface area contributed by atoms with E-state index in [0.717, 1.165) is 26.1 Å². The minimum Gasteiger partial charge on any atom is -0.385 e. The third kappa shape index (κ3) is 4.70. The fraction of sp³-hybridized carbons (Fsp3) is 1.00. The molecular weight excluding hydrogens is 154 g/mol. The summed E-state index contributed by atoms with van der Waals surface area (Å²) in [5, 5.41) is 0. The molecule has 0 aromatic carbocycles. The molecule has 1 atom stereocenters. The van der Waals surface area contributed by atoms with E-state index in [1.165, 1.54) is 0 Å². The Hall–Kier alpha value is -0.120. The Morgan fingerprint density at radius 1 is 1.33 bits per heavy atom. The minimum atomic E-state index is -0.145. The van der Waals surface area contributed by atoms with Gasteiger partial charge < -0.3 is 15.2 Å². The summed E-state index contributed by atoms with van der Waals surface area (Å²) >= 11 is 0. The molecule has 0 radical (unpaired) electrons. The topological polar surface area (TPSA) is 44.5 Å². The van der Waals surface area contributed by atoms with Crippen LogP contribution in [0.15, 0.2) is 0 Å². The van der Waals surface area contributed by atoms with Gasteiger partial charge in [0.15, 0.2) is 0 Å². The van der Waals surface area contributed by atoms with Crippen LogP contribution in [0.4, 0.5) is 0 Å². The standard InChI is InChI=1S/C9H21NO2/c1-4-9(2,8-10)12-7-5-6-11-3/h4-8,10H2,1-3H3. The lowest BCUT2D eigenvalue weighted by Gasteiger charge is -2.26. The summed E-state index contributed by atoms with van der Waals surface area (Å²) in [7, 11) is 1.70. The molecule has 1 unspecified atom stereocenters. The molecule has 0 aliphatic rings. The van der Waals surface area contributed by atoms with Crippen LogP contribution in [0, 0.1) is 0 Å². The molecule has 0 aliphatic carbocycles. The van der Waals surface area contributed by atoms with E-state index in [-0.39, 0.29) is 5.60 Å². The molecule has 0 saturated carbocycles. The SMILES string of the molecule is CCC(C)(CN)OCCCOC. The van der Waals surface area contributed by atoms with E-state index in [1.54, 1.807) is 7.11 Å². The average Bonchev–Trinajstić information content (AvgIpc) is 2.12. The van der Waals surface area contributed by atoms with Gasteiger partial charge in [-0.3, -0.25) is 0 Å². The molecule has 0 rings (SSSR count). The summed E-state index contributed by atoms with van der Waals surface area (Å²) in [6.45, 7) is 6.19. The maximum atomic E-state index is 5.62. The van der Waals surface area contributed by atoms with Crippen molar-refractivity contribution in [1.82, 2.24) is 0 Å². The zero-order valence-corrected chi connectivity index (χ0v) is 8.43. The second-order valence-electron chi connectivity index (χ2n) is 3.20. The number of methoxy groups -OCH3 is 1. The van der Waals surface area contributed by atoms with Gasteiger partial charge in [-0.2, -0.15) is 0 Å². The van der Waals surface area contributed by atoms with E-state index >= 15 is 0 Å². The van der Waals surface area contributed by atoms with E-state index in [0.29, 0.717) is 6.54 Å². The molecule has 0 bridgehead atoms. The second-order valence-corrected chi connectivity index (χ2v) is 3.20. The summed E-state index contributed by atoms with van der Waals surface area (Å²) < 4.78 is 10.5. The average molecular weight is 175 g/mol. The van der Waals surface area contributed by atoms with E-state index in [9.17, 15) is 0 Å². The molecule has 0 aromatic heterocycles. The molecule has 0 fully saturated rings. The van der Waals surface area contributed by atoms with Crippen molar-refractivity contribution in [2.24, 2.45) is 5.73 Å². The van der Waals surface area contributed by atoms with E-state index in [1.807, 2.05) is 6.92 Å². The zero-order chi connectivity index (χ0) is 9.45. The van der Waals surface area contributed by atoms with Crippen molar-refractivity contribution in [2.45, 2.75) is 32.3 Å². The number of ether oxygens (including phenoxy) is 2. The minimum absolute atomic E-state index is 0.145. The van der Waals surface area contributed by atoms with Crippen molar-refractivity contribution >= 4 is 0 Å². The summed E-state index contributed by atoms with van der Waals surface area (Å²) in [6.07, 6.45) is 1.89. The van der Waals surface area contributed by atoms with Crippen molar-refractivity contribution in [1.29, 1.82) is 0 Å². The van der Waals surface area contributed by atoms with E-state index < -0.39 is 0 Å². The van der Waals surface area contributed by atoms with Crippen LogP contribution in [0.1, 0.15) is 26.7 Å². The number of rotatable bonds is 7. The van der Waals surface area contributed by atoms with E-state index in [4.69, 9.17) is 15.2 Å². The molecule has 12 heavy (non-hydrogen) atoms.